The fourth-order valence-electron chi connectivity index (χ4n) is 0.788. The van der Waals surface area contributed by atoms with E-state index in [1.807, 2.05) is 0 Å². The van der Waals surface area contributed by atoms with Gasteiger partial charge in [0.25, 0.3) is 0 Å². The standard InChI is InChI=1S/C6H9BN2/c7-4-1-2-5(8)6(9)3-4/h3H,1-2,8-9H2. The van der Waals surface area contributed by atoms with Crippen molar-refractivity contribution >= 4 is 7.85 Å². The highest BCUT2D eigenvalue weighted by Crippen LogP contribution is 2.14. The molecule has 0 saturated heterocycles. The summed E-state index contributed by atoms with van der Waals surface area (Å²) in [6.07, 6.45) is 3.36. The van der Waals surface area contributed by atoms with E-state index in [-0.39, 0.29) is 0 Å². The highest BCUT2D eigenvalue weighted by molar-refractivity contribution is 6.21. The molecule has 0 fully saturated rings. The van der Waals surface area contributed by atoms with E-state index in [0.717, 1.165) is 24.0 Å². The molecule has 1 aliphatic rings. The Morgan fingerprint density at radius 3 is 2.44 bits per heavy atom. The summed E-state index contributed by atoms with van der Waals surface area (Å²) in [5.74, 6) is 0. The van der Waals surface area contributed by atoms with E-state index in [1.54, 1.807) is 6.08 Å². The number of rotatable bonds is 0. The quantitative estimate of drug-likeness (QED) is 0.440. The lowest BCUT2D eigenvalue weighted by molar-refractivity contribution is 0.903. The molecule has 2 nitrogen and oxygen atoms in total. The van der Waals surface area contributed by atoms with Gasteiger partial charge in [0.05, 0.1) is 0 Å². The van der Waals surface area contributed by atoms with Gasteiger partial charge in [0, 0.05) is 11.4 Å². The molecule has 2 radical (unpaired) electrons. The zero-order valence-electron chi connectivity index (χ0n) is 5.22. The summed E-state index contributed by atoms with van der Waals surface area (Å²) >= 11 is 0. The molecule has 0 amide bonds. The van der Waals surface area contributed by atoms with Crippen molar-refractivity contribution in [3.63, 3.8) is 0 Å². The second-order valence-corrected chi connectivity index (χ2v) is 2.20. The van der Waals surface area contributed by atoms with Crippen LogP contribution in [-0.4, -0.2) is 7.85 Å². The van der Waals surface area contributed by atoms with Crippen LogP contribution in [0.3, 0.4) is 0 Å². The molecular formula is C6H9BN2. The average molecular weight is 120 g/mol. The van der Waals surface area contributed by atoms with Crippen molar-refractivity contribution in [1.82, 2.24) is 0 Å². The molecule has 0 aliphatic heterocycles. The van der Waals surface area contributed by atoms with Gasteiger partial charge in [-0.1, -0.05) is 0 Å². The molecular weight excluding hydrogens is 111 g/mol. The minimum Gasteiger partial charge on any atom is -0.400 e. The molecule has 3 heteroatoms. The van der Waals surface area contributed by atoms with E-state index in [1.165, 1.54) is 0 Å². The molecule has 1 rings (SSSR count). The van der Waals surface area contributed by atoms with Crippen molar-refractivity contribution in [3.05, 3.63) is 22.9 Å². The zero-order valence-corrected chi connectivity index (χ0v) is 5.22. The van der Waals surface area contributed by atoms with Crippen LogP contribution < -0.4 is 11.5 Å². The summed E-state index contributed by atoms with van der Waals surface area (Å²) in [5, 5.41) is 0. The Hall–Kier alpha value is -0.855. The number of hydrogen-bond acceptors (Lipinski definition) is 2. The summed E-state index contributed by atoms with van der Waals surface area (Å²) in [7, 11) is 5.48. The van der Waals surface area contributed by atoms with Gasteiger partial charge in [-0.3, -0.25) is 0 Å². The maximum absolute atomic E-state index is 5.49. The van der Waals surface area contributed by atoms with Crippen molar-refractivity contribution < 1.29 is 0 Å². The number of nitrogens with two attached hydrogens (primary N) is 2. The molecule has 9 heavy (non-hydrogen) atoms. The van der Waals surface area contributed by atoms with Crippen LogP contribution in [0.5, 0.6) is 0 Å². The Bertz CT molecular complexity index is 181. The highest BCUT2D eigenvalue weighted by atomic mass is 14.7. The van der Waals surface area contributed by atoms with Gasteiger partial charge >= 0.3 is 0 Å². The van der Waals surface area contributed by atoms with Crippen LogP contribution in [0.15, 0.2) is 22.9 Å². The molecule has 46 valence electrons. The van der Waals surface area contributed by atoms with Crippen molar-refractivity contribution in [2.24, 2.45) is 11.5 Å². The molecule has 0 aromatic carbocycles. The summed E-state index contributed by atoms with van der Waals surface area (Å²) < 4.78 is 0. The highest BCUT2D eigenvalue weighted by Gasteiger charge is 2.03. The SMILES string of the molecule is [B]C1=CC(N)=C(N)CC1. The van der Waals surface area contributed by atoms with Crippen LogP contribution in [0.1, 0.15) is 12.8 Å². The first-order chi connectivity index (χ1) is 4.20. The first-order valence-corrected chi connectivity index (χ1v) is 2.90. The maximum atomic E-state index is 5.49. The van der Waals surface area contributed by atoms with E-state index in [9.17, 15) is 0 Å². The third kappa shape index (κ3) is 1.28. The molecule has 0 aromatic rings. The summed E-state index contributed by atoms with van der Waals surface area (Å²) in [6.45, 7) is 0. The van der Waals surface area contributed by atoms with Crippen LogP contribution in [0.25, 0.3) is 0 Å². The van der Waals surface area contributed by atoms with E-state index < -0.39 is 0 Å². The Morgan fingerprint density at radius 2 is 2.00 bits per heavy atom. The average Bonchev–Trinajstić information content (AvgIpc) is 1.80. The van der Waals surface area contributed by atoms with Crippen LogP contribution in [0, 0.1) is 0 Å². The molecule has 0 spiro atoms. The van der Waals surface area contributed by atoms with Gasteiger partial charge < -0.3 is 11.5 Å². The largest absolute Gasteiger partial charge is 0.400 e. The zero-order chi connectivity index (χ0) is 6.85. The third-order valence-corrected chi connectivity index (χ3v) is 1.39. The van der Waals surface area contributed by atoms with Crippen molar-refractivity contribution in [3.8, 4) is 0 Å². The van der Waals surface area contributed by atoms with Gasteiger partial charge in [-0.05, 0) is 18.9 Å². The van der Waals surface area contributed by atoms with Gasteiger partial charge in [0.15, 0.2) is 0 Å². The van der Waals surface area contributed by atoms with Gasteiger partial charge in [-0.15, -0.1) is 5.47 Å². The Balaban J connectivity index is 2.83. The lowest BCUT2D eigenvalue weighted by Crippen LogP contribution is -2.12. The molecule has 0 aromatic heterocycles. The fraction of sp³-hybridized carbons (Fsp3) is 0.333. The Kier molecular flexibility index (Phi) is 1.51. The Morgan fingerprint density at radius 1 is 1.33 bits per heavy atom. The first-order valence-electron chi connectivity index (χ1n) is 2.90. The van der Waals surface area contributed by atoms with E-state index in [2.05, 4.69) is 0 Å². The monoisotopic (exact) mass is 120 g/mol. The summed E-state index contributed by atoms with van der Waals surface area (Å²) in [6, 6.07) is 0. The number of hydrogen-bond donors (Lipinski definition) is 2. The minimum atomic E-state index is 0.624. The number of allylic oxidation sites excluding steroid dienone is 3. The first kappa shape index (κ1) is 6.27. The molecule has 0 bridgehead atoms. The smallest absolute Gasteiger partial charge is 0.107 e. The molecule has 0 atom stereocenters. The van der Waals surface area contributed by atoms with Gasteiger partial charge in [-0.2, -0.15) is 0 Å². The van der Waals surface area contributed by atoms with Crippen molar-refractivity contribution in [1.29, 1.82) is 0 Å². The van der Waals surface area contributed by atoms with E-state index >= 15 is 0 Å². The summed E-state index contributed by atoms with van der Waals surface area (Å²) in [5.41, 5.74) is 13.2. The van der Waals surface area contributed by atoms with Crippen molar-refractivity contribution in [2.75, 3.05) is 0 Å². The van der Waals surface area contributed by atoms with Gasteiger partial charge in [0.1, 0.15) is 7.85 Å². The lowest BCUT2D eigenvalue weighted by Gasteiger charge is -2.11. The second-order valence-electron chi connectivity index (χ2n) is 2.20. The van der Waals surface area contributed by atoms with E-state index in [0.29, 0.717) is 5.70 Å². The van der Waals surface area contributed by atoms with Crippen LogP contribution in [0.4, 0.5) is 0 Å². The minimum absolute atomic E-state index is 0.624. The van der Waals surface area contributed by atoms with Crippen molar-refractivity contribution in [2.45, 2.75) is 12.8 Å². The molecule has 0 heterocycles. The predicted octanol–water partition coefficient (Wildman–Crippen LogP) is -0.0384. The lowest BCUT2D eigenvalue weighted by atomic mass is 9.86. The predicted molar refractivity (Wildman–Crippen MR) is 38.5 cm³/mol. The maximum Gasteiger partial charge on any atom is 0.107 e. The van der Waals surface area contributed by atoms with Gasteiger partial charge in [0.2, 0.25) is 0 Å². The van der Waals surface area contributed by atoms with Gasteiger partial charge in [-0.25, -0.2) is 0 Å². The molecule has 1 aliphatic carbocycles. The molecule has 0 saturated carbocycles. The third-order valence-electron chi connectivity index (χ3n) is 1.39. The van der Waals surface area contributed by atoms with E-state index in [4.69, 9.17) is 19.3 Å². The molecule has 4 N–H and O–H groups in total. The van der Waals surface area contributed by atoms with Crippen LogP contribution in [0.2, 0.25) is 0 Å². The topological polar surface area (TPSA) is 52.0 Å². The fourth-order valence-corrected chi connectivity index (χ4v) is 0.788. The summed E-state index contributed by atoms with van der Waals surface area (Å²) in [4.78, 5) is 0. The normalized spacial score (nSPS) is 19.8. The molecule has 0 unspecified atom stereocenters. The Labute approximate surface area is 56.0 Å². The second kappa shape index (κ2) is 2.17. The van der Waals surface area contributed by atoms with Crippen LogP contribution >= 0.6 is 0 Å². The van der Waals surface area contributed by atoms with Crippen LogP contribution in [-0.2, 0) is 0 Å².